The summed E-state index contributed by atoms with van der Waals surface area (Å²) in [5.41, 5.74) is 0. The van der Waals surface area contributed by atoms with E-state index >= 15 is 0 Å². The van der Waals surface area contributed by atoms with E-state index in [0.717, 1.165) is 0 Å². The Balaban J connectivity index is 0.000000193. The Bertz CT molecular complexity index is 1350. The summed E-state index contributed by atoms with van der Waals surface area (Å²) in [6.45, 7) is 7.04. The fourth-order valence-corrected chi connectivity index (χ4v) is 5.08. The largest absolute Gasteiger partial charge is 1.00 e. The van der Waals surface area contributed by atoms with Gasteiger partial charge in [0.2, 0.25) is 0 Å². The monoisotopic (exact) mass is 715 g/mol. The van der Waals surface area contributed by atoms with Crippen molar-refractivity contribution < 1.29 is 96.9 Å². The maximum atomic E-state index is 5.33. The van der Waals surface area contributed by atoms with E-state index in [1.807, 2.05) is 0 Å². The molecule has 0 amide bonds. The molecule has 0 spiro atoms. The maximum absolute atomic E-state index is 5.33. The predicted octanol–water partition coefficient (Wildman–Crippen LogP) is 5.09. The molecule has 1 saturated heterocycles. The molecular weight excluding hydrogens is 671 g/mol. The molecule has 1 fully saturated rings. The summed E-state index contributed by atoms with van der Waals surface area (Å²) in [5.74, 6) is 0. The van der Waals surface area contributed by atoms with Crippen molar-refractivity contribution in [3.05, 3.63) is 121 Å². The van der Waals surface area contributed by atoms with Gasteiger partial charge in [0.15, 0.2) is 0 Å². The molecule has 248 valence electrons. The van der Waals surface area contributed by atoms with Gasteiger partial charge in [0.25, 0.3) is 0 Å². The molecule has 1 aliphatic heterocycles. The topological polar surface area (TPSA) is 55.4 Å². The third-order valence-corrected chi connectivity index (χ3v) is 7.46. The Hall–Kier alpha value is -1.72. The van der Waals surface area contributed by atoms with Crippen LogP contribution >= 0.6 is 0 Å². The first kappa shape index (κ1) is 40.7. The molecule has 0 bridgehead atoms. The molecule has 0 atom stereocenters. The van der Waals surface area contributed by atoms with Crippen LogP contribution in [0.25, 0.3) is 43.1 Å². The van der Waals surface area contributed by atoms with Crippen molar-refractivity contribution in [3.8, 4) is 0 Å². The first-order valence-electron chi connectivity index (χ1n) is 16.1. The van der Waals surface area contributed by atoms with Crippen LogP contribution in [-0.4, -0.2) is 79.3 Å². The average molecular weight is 716 g/mol. The van der Waals surface area contributed by atoms with Gasteiger partial charge in [-0.1, -0.05) is 97.1 Å². The SMILES string of the molecule is C1COCCOCCOCCOCCOCCO1.[Fe].[K+].c1ccc2cc3ccccc3cc2c1.c1ccc2cc3ccccc3cc2c1. The molecule has 0 aliphatic carbocycles. The minimum Gasteiger partial charge on any atom is -0.377 e. The van der Waals surface area contributed by atoms with Crippen molar-refractivity contribution >= 4 is 43.1 Å². The van der Waals surface area contributed by atoms with Crippen molar-refractivity contribution in [2.24, 2.45) is 0 Å². The van der Waals surface area contributed by atoms with Gasteiger partial charge in [0.05, 0.1) is 79.3 Å². The van der Waals surface area contributed by atoms with Crippen LogP contribution < -0.4 is 51.4 Å². The van der Waals surface area contributed by atoms with Crippen LogP contribution in [0.15, 0.2) is 121 Å². The van der Waals surface area contributed by atoms with E-state index in [0.29, 0.717) is 79.3 Å². The van der Waals surface area contributed by atoms with Crippen LogP contribution in [0.2, 0.25) is 0 Å². The Morgan fingerprint density at radius 3 is 0.500 bits per heavy atom. The summed E-state index contributed by atoms with van der Waals surface area (Å²) in [5, 5.41) is 10.5. The minimum absolute atomic E-state index is 0. The summed E-state index contributed by atoms with van der Waals surface area (Å²) < 4.78 is 32.0. The molecule has 6 nitrogen and oxygen atoms in total. The second-order valence-electron chi connectivity index (χ2n) is 10.8. The number of rotatable bonds is 0. The molecule has 48 heavy (non-hydrogen) atoms. The minimum atomic E-state index is 0. The fourth-order valence-electron chi connectivity index (χ4n) is 5.08. The summed E-state index contributed by atoms with van der Waals surface area (Å²) in [6.07, 6.45) is 0. The Morgan fingerprint density at radius 1 is 0.250 bits per heavy atom. The number of hydrogen-bond donors (Lipinski definition) is 0. The molecular formula is C40H44FeKO6+. The zero-order valence-corrected chi connectivity index (χ0v) is 32.1. The van der Waals surface area contributed by atoms with Gasteiger partial charge in [0, 0.05) is 17.1 Å². The zero-order valence-electron chi connectivity index (χ0n) is 27.8. The number of ether oxygens (including phenoxy) is 6. The van der Waals surface area contributed by atoms with Crippen LogP contribution in [-0.2, 0) is 45.5 Å². The molecule has 0 N–H and O–H groups in total. The quantitative estimate of drug-likeness (QED) is 0.162. The van der Waals surface area contributed by atoms with Gasteiger partial charge in [-0.15, -0.1) is 0 Å². The molecule has 0 aromatic heterocycles. The Morgan fingerprint density at radius 2 is 0.375 bits per heavy atom. The Kier molecular flexibility index (Phi) is 20.7. The van der Waals surface area contributed by atoms with E-state index in [9.17, 15) is 0 Å². The van der Waals surface area contributed by atoms with Crippen molar-refractivity contribution in [3.63, 3.8) is 0 Å². The van der Waals surface area contributed by atoms with Gasteiger partial charge in [-0.25, -0.2) is 0 Å². The third-order valence-electron chi connectivity index (χ3n) is 7.46. The molecule has 8 heteroatoms. The zero-order chi connectivity index (χ0) is 31.5. The molecule has 6 aromatic rings. The van der Waals surface area contributed by atoms with E-state index in [1.165, 1.54) is 43.1 Å². The number of benzene rings is 6. The maximum Gasteiger partial charge on any atom is 1.00 e. The smallest absolute Gasteiger partial charge is 0.377 e. The Labute approximate surface area is 337 Å². The second kappa shape index (κ2) is 24.4. The van der Waals surface area contributed by atoms with Gasteiger partial charge in [-0.05, 0) is 67.4 Å². The van der Waals surface area contributed by atoms with E-state index in [-0.39, 0.29) is 68.5 Å². The standard InChI is InChI=1S/2C14H10.C12H24O6.Fe.K/c2*1-2-6-12-10-14-8-4-3-7-13(14)9-11(12)5-1;1-2-14-5-6-16-9-10-18-12-11-17-8-7-15-4-3-13-1;;/h2*1-10H;1-12H2;;/q;;;;+1. The normalized spacial score (nSPS) is 15.3. The van der Waals surface area contributed by atoms with E-state index in [4.69, 9.17) is 28.4 Å². The summed E-state index contributed by atoms with van der Waals surface area (Å²) >= 11 is 0. The van der Waals surface area contributed by atoms with Crippen molar-refractivity contribution in [1.29, 1.82) is 0 Å². The number of hydrogen-bond acceptors (Lipinski definition) is 6. The van der Waals surface area contributed by atoms with Crippen LogP contribution in [0.3, 0.4) is 0 Å². The van der Waals surface area contributed by atoms with Crippen LogP contribution in [0.1, 0.15) is 0 Å². The molecule has 7 rings (SSSR count). The third kappa shape index (κ3) is 14.3. The summed E-state index contributed by atoms with van der Waals surface area (Å²) in [4.78, 5) is 0. The molecule has 1 heterocycles. The average Bonchev–Trinajstić information content (AvgIpc) is 3.10. The van der Waals surface area contributed by atoms with Crippen LogP contribution in [0, 0.1) is 0 Å². The number of fused-ring (bicyclic) bond motifs is 4. The molecule has 0 saturated carbocycles. The van der Waals surface area contributed by atoms with Gasteiger partial charge in [-0.3, -0.25) is 0 Å². The van der Waals surface area contributed by atoms with E-state index < -0.39 is 0 Å². The van der Waals surface area contributed by atoms with Gasteiger partial charge < -0.3 is 28.4 Å². The van der Waals surface area contributed by atoms with Gasteiger partial charge in [-0.2, -0.15) is 0 Å². The van der Waals surface area contributed by atoms with Gasteiger partial charge in [0.1, 0.15) is 0 Å². The van der Waals surface area contributed by atoms with Crippen LogP contribution in [0.4, 0.5) is 0 Å². The van der Waals surface area contributed by atoms with E-state index in [2.05, 4.69) is 121 Å². The first-order valence-corrected chi connectivity index (χ1v) is 16.1. The molecule has 0 unspecified atom stereocenters. The molecule has 1 aliphatic rings. The van der Waals surface area contributed by atoms with Crippen molar-refractivity contribution in [2.75, 3.05) is 79.3 Å². The predicted molar refractivity (Wildman–Crippen MR) is 188 cm³/mol. The molecule has 6 aromatic carbocycles. The first-order chi connectivity index (χ1) is 22.9. The van der Waals surface area contributed by atoms with Crippen molar-refractivity contribution in [1.82, 2.24) is 0 Å². The molecule has 0 radical (unpaired) electrons. The second-order valence-corrected chi connectivity index (χ2v) is 10.8. The summed E-state index contributed by atoms with van der Waals surface area (Å²) in [6, 6.07) is 42.8. The van der Waals surface area contributed by atoms with Crippen molar-refractivity contribution in [2.45, 2.75) is 0 Å². The van der Waals surface area contributed by atoms with Crippen LogP contribution in [0.5, 0.6) is 0 Å². The summed E-state index contributed by atoms with van der Waals surface area (Å²) in [7, 11) is 0. The van der Waals surface area contributed by atoms with E-state index in [1.54, 1.807) is 0 Å². The van der Waals surface area contributed by atoms with Gasteiger partial charge >= 0.3 is 51.4 Å². The fraction of sp³-hybridized carbons (Fsp3) is 0.300.